The van der Waals surface area contributed by atoms with E-state index in [1.54, 1.807) is 42.5 Å². The summed E-state index contributed by atoms with van der Waals surface area (Å²) in [5.74, 6) is -1.36. The van der Waals surface area contributed by atoms with Gasteiger partial charge in [0.1, 0.15) is 11.5 Å². The highest BCUT2D eigenvalue weighted by Gasteiger charge is 2.47. The zero-order chi connectivity index (χ0) is 25.4. The van der Waals surface area contributed by atoms with Crippen molar-refractivity contribution in [2.75, 3.05) is 19.1 Å². The number of methoxy groups -OCH3 is 2. The van der Waals surface area contributed by atoms with Crippen LogP contribution in [0.1, 0.15) is 22.7 Å². The Morgan fingerprint density at radius 3 is 2.20 bits per heavy atom. The van der Waals surface area contributed by atoms with Crippen LogP contribution in [-0.4, -0.2) is 31.0 Å². The number of benzene rings is 3. The van der Waals surface area contributed by atoms with E-state index in [4.69, 9.17) is 44.3 Å². The summed E-state index contributed by atoms with van der Waals surface area (Å²) in [4.78, 5) is 27.9. The van der Waals surface area contributed by atoms with Crippen molar-refractivity contribution >= 4 is 57.9 Å². The first-order valence-electron chi connectivity index (χ1n) is 10.4. The van der Waals surface area contributed by atoms with Crippen molar-refractivity contribution < 1.29 is 24.2 Å². The van der Waals surface area contributed by atoms with Gasteiger partial charge in [-0.15, -0.1) is 0 Å². The quantitative estimate of drug-likeness (QED) is 0.228. The van der Waals surface area contributed by atoms with Gasteiger partial charge in [0.15, 0.2) is 5.75 Å². The minimum absolute atomic E-state index is 0.128. The van der Waals surface area contributed by atoms with E-state index in [2.05, 4.69) is 0 Å². The molecular weight excluding hydrogens is 513 g/mol. The topological polar surface area (TPSA) is 76.1 Å². The van der Waals surface area contributed by atoms with Crippen LogP contribution < -0.4 is 14.4 Å². The lowest BCUT2D eigenvalue weighted by molar-refractivity contribution is -0.132. The lowest BCUT2D eigenvalue weighted by Crippen LogP contribution is -2.29. The molecule has 3 aromatic rings. The zero-order valence-corrected chi connectivity index (χ0v) is 21.2. The molecule has 0 aromatic heterocycles. The summed E-state index contributed by atoms with van der Waals surface area (Å²) in [6, 6.07) is 13.8. The van der Waals surface area contributed by atoms with Gasteiger partial charge in [-0.1, -0.05) is 53.0 Å². The molecule has 0 radical (unpaired) electrons. The standard InChI is InChI=1S/C26H20Cl3NO5/c1-13-7-8-16(12-18(13)27)30-22(14-5-4-6-17(9-14)34-2)21(24(32)26(30)33)23(31)15-10-19(28)25(35-3)20(29)11-15/h4-12,22,31H,1-3H3/b23-21+. The summed E-state index contributed by atoms with van der Waals surface area (Å²) in [5, 5.41) is 12.0. The Labute approximate surface area is 217 Å². The summed E-state index contributed by atoms with van der Waals surface area (Å²) >= 11 is 18.9. The zero-order valence-electron chi connectivity index (χ0n) is 18.9. The van der Waals surface area contributed by atoms with Crippen molar-refractivity contribution in [3.63, 3.8) is 0 Å². The molecule has 1 N–H and O–H groups in total. The molecule has 6 nitrogen and oxygen atoms in total. The number of amides is 1. The molecule has 9 heteroatoms. The normalized spacial score (nSPS) is 17.1. The molecule has 1 unspecified atom stereocenters. The second-order valence-electron chi connectivity index (χ2n) is 7.85. The maximum absolute atomic E-state index is 13.3. The maximum Gasteiger partial charge on any atom is 0.300 e. The number of carbonyl (C=O) groups is 2. The SMILES string of the molecule is COc1cccc(C2/C(=C(\O)c3cc(Cl)c(OC)c(Cl)c3)C(=O)C(=O)N2c2ccc(C)c(Cl)c2)c1. The van der Waals surface area contributed by atoms with E-state index in [9.17, 15) is 14.7 Å². The van der Waals surface area contributed by atoms with Crippen LogP contribution in [0.25, 0.3) is 5.76 Å². The minimum Gasteiger partial charge on any atom is -0.507 e. The van der Waals surface area contributed by atoms with Crippen LogP contribution in [0.2, 0.25) is 15.1 Å². The molecule has 1 heterocycles. The molecule has 1 aliphatic heterocycles. The highest BCUT2D eigenvalue weighted by Crippen LogP contribution is 2.44. The highest BCUT2D eigenvalue weighted by atomic mass is 35.5. The Morgan fingerprint density at radius 2 is 1.60 bits per heavy atom. The lowest BCUT2D eigenvalue weighted by Gasteiger charge is -2.26. The summed E-state index contributed by atoms with van der Waals surface area (Å²) in [5.41, 5.74) is 1.80. The van der Waals surface area contributed by atoms with E-state index in [1.165, 1.54) is 31.3 Å². The third-order valence-electron chi connectivity index (χ3n) is 5.76. The van der Waals surface area contributed by atoms with Crippen LogP contribution >= 0.6 is 34.8 Å². The van der Waals surface area contributed by atoms with E-state index in [1.807, 2.05) is 6.92 Å². The molecule has 35 heavy (non-hydrogen) atoms. The fourth-order valence-electron chi connectivity index (χ4n) is 4.00. The average Bonchev–Trinajstić information content (AvgIpc) is 3.10. The number of anilines is 1. The number of aryl methyl sites for hydroxylation is 1. The molecule has 1 saturated heterocycles. The Balaban J connectivity index is 1.98. The molecule has 0 aliphatic carbocycles. The molecule has 1 atom stereocenters. The van der Waals surface area contributed by atoms with E-state index in [-0.39, 0.29) is 26.9 Å². The second kappa shape index (κ2) is 9.82. The van der Waals surface area contributed by atoms with Crippen LogP contribution in [0, 0.1) is 6.92 Å². The first kappa shape index (κ1) is 24.9. The van der Waals surface area contributed by atoms with Gasteiger partial charge >= 0.3 is 0 Å². The number of rotatable bonds is 5. The first-order valence-corrected chi connectivity index (χ1v) is 11.6. The van der Waals surface area contributed by atoms with Crippen molar-refractivity contribution in [1.82, 2.24) is 0 Å². The van der Waals surface area contributed by atoms with Crippen LogP contribution in [0.3, 0.4) is 0 Å². The van der Waals surface area contributed by atoms with Crippen LogP contribution in [0.5, 0.6) is 11.5 Å². The molecule has 3 aromatic carbocycles. The molecule has 0 saturated carbocycles. The average molecular weight is 533 g/mol. The molecule has 0 spiro atoms. The molecular formula is C26H20Cl3NO5. The first-order chi connectivity index (χ1) is 16.7. The van der Waals surface area contributed by atoms with Crippen LogP contribution in [-0.2, 0) is 9.59 Å². The van der Waals surface area contributed by atoms with Gasteiger partial charge in [-0.25, -0.2) is 0 Å². The number of aliphatic hydroxyl groups is 1. The molecule has 0 bridgehead atoms. The lowest BCUT2D eigenvalue weighted by atomic mass is 9.95. The highest BCUT2D eigenvalue weighted by molar-refractivity contribution is 6.52. The third kappa shape index (κ3) is 4.45. The number of aliphatic hydroxyl groups excluding tert-OH is 1. The van der Waals surface area contributed by atoms with Gasteiger partial charge in [0, 0.05) is 16.3 Å². The van der Waals surface area contributed by atoms with E-state index in [0.717, 1.165) is 5.56 Å². The molecule has 1 aliphatic rings. The van der Waals surface area contributed by atoms with Crippen molar-refractivity contribution in [3.8, 4) is 11.5 Å². The Bertz CT molecular complexity index is 1360. The Hall–Kier alpha value is -3.19. The van der Waals surface area contributed by atoms with Crippen molar-refractivity contribution in [1.29, 1.82) is 0 Å². The van der Waals surface area contributed by atoms with Gasteiger partial charge in [-0.05, 0) is 54.4 Å². The van der Waals surface area contributed by atoms with Gasteiger partial charge in [-0.3, -0.25) is 14.5 Å². The van der Waals surface area contributed by atoms with E-state index in [0.29, 0.717) is 22.0 Å². The Kier molecular flexibility index (Phi) is 6.99. The number of hydrogen-bond acceptors (Lipinski definition) is 5. The Morgan fingerprint density at radius 1 is 0.914 bits per heavy atom. The second-order valence-corrected chi connectivity index (χ2v) is 9.07. The van der Waals surface area contributed by atoms with E-state index >= 15 is 0 Å². The monoisotopic (exact) mass is 531 g/mol. The van der Waals surface area contributed by atoms with Gasteiger partial charge in [0.2, 0.25) is 0 Å². The molecule has 180 valence electrons. The number of ether oxygens (including phenoxy) is 2. The molecule has 1 amide bonds. The fraction of sp³-hybridized carbons (Fsp3) is 0.154. The van der Waals surface area contributed by atoms with E-state index < -0.39 is 23.5 Å². The van der Waals surface area contributed by atoms with Crippen LogP contribution in [0.4, 0.5) is 5.69 Å². The summed E-state index contributed by atoms with van der Waals surface area (Å²) in [7, 11) is 2.92. The fourth-order valence-corrected chi connectivity index (χ4v) is 4.82. The van der Waals surface area contributed by atoms with Crippen molar-refractivity contribution in [2.45, 2.75) is 13.0 Å². The predicted octanol–water partition coefficient (Wildman–Crippen LogP) is 6.60. The number of ketones is 1. The van der Waals surface area contributed by atoms with Gasteiger partial charge in [-0.2, -0.15) is 0 Å². The number of nitrogens with zero attached hydrogens (tertiary/aromatic N) is 1. The molecule has 1 fully saturated rings. The summed E-state index contributed by atoms with van der Waals surface area (Å²) in [6.07, 6.45) is 0. The van der Waals surface area contributed by atoms with Crippen LogP contribution in [0.15, 0.2) is 60.2 Å². The number of Topliss-reactive ketones (excluding diaryl/α,β-unsaturated/α-hetero) is 1. The largest absolute Gasteiger partial charge is 0.507 e. The number of carbonyl (C=O) groups excluding carboxylic acids is 2. The number of hydrogen-bond donors (Lipinski definition) is 1. The minimum atomic E-state index is -0.969. The maximum atomic E-state index is 13.3. The smallest absolute Gasteiger partial charge is 0.300 e. The summed E-state index contributed by atoms with van der Waals surface area (Å²) in [6.45, 7) is 1.83. The number of halogens is 3. The molecule has 4 rings (SSSR count). The van der Waals surface area contributed by atoms with Gasteiger partial charge in [0.25, 0.3) is 11.7 Å². The third-order valence-corrected chi connectivity index (χ3v) is 6.73. The van der Waals surface area contributed by atoms with Crippen molar-refractivity contribution in [2.24, 2.45) is 0 Å². The van der Waals surface area contributed by atoms with Gasteiger partial charge in [0.05, 0.1) is 35.9 Å². The van der Waals surface area contributed by atoms with Gasteiger partial charge < -0.3 is 14.6 Å². The summed E-state index contributed by atoms with van der Waals surface area (Å²) < 4.78 is 10.5. The van der Waals surface area contributed by atoms with Crippen molar-refractivity contribution in [3.05, 3.63) is 91.9 Å². The predicted molar refractivity (Wildman–Crippen MR) is 137 cm³/mol.